The van der Waals surface area contributed by atoms with Crippen molar-refractivity contribution in [1.29, 1.82) is 0 Å². The lowest BCUT2D eigenvalue weighted by Gasteiger charge is -2.25. The maximum atomic E-state index is 9.37. The Balaban J connectivity index is 2.62. The Kier molecular flexibility index (Phi) is 3.03. The van der Waals surface area contributed by atoms with Crippen molar-refractivity contribution in [1.82, 2.24) is 4.90 Å². The van der Waals surface area contributed by atoms with Crippen LogP contribution in [-0.2, 0) is 0 Å². The highest BCUT2D eigenvalue weighted by Crippen LogP contribution is 2.19. The summed E-state index contributed by atoms with van der Waals surface area (Å²) >= 11 is 0. The van der Waals surface area contributed by atoms with Gasteiger partial charge >= 0.3 is 0 Å². The molecule has 0 unspecified atom stereocenters. The van der Waals surface area contributed by atoms with E-state index in [1.165, 1.54) is 0 Å². The first-order valence-corrected chi connectivity index (χ1v) is 3.93. The van der Waals surface area contributed by atoms with Gasteiger partial charge in [0.05, 0.1) is 31.0 Å². The van der Waals surface area contributed by atoms with Gasteiger partial charge in [0.1, 0.15) is 0 Å². The molecule has 1 aliphatic rings. The molecule has 5 heteroatoms. The monoisotopic (exact) mass is 177 g/mol. The van der Waals surface area contributed by atoms with Crippen LogP contribution < -0.4 is 0 Å². The fourth-order valence-electron chi connectivity index (χ4n) is 1.64. The van der Waals surface area contributed by atoms with Crippen LogP contribution in [-0.4, -0.2) is 69.9 Å². The van der Waals surface area contributed by atoms with E-state index in [2.05, 4.69) is 0 Å². The second-order valence-corrected chi connectivity index (χ2v) is 3.24. The topological polar surface area (TPSA) is 84.2 Å². The molecule has 4 atom stereocenters. The Hall–Kier alpha value is -0.200. The summed E-state index contributed by atoms with van der Waals surface area (Å²) < 4.78 is 0. The lowest BCUT2D eigenvalue weighted by molar-refractivity contribution is -0.0261. The Morgan fingerprint density at radius 3 is 2.42 bits per heavy atom. The summed E-state index contributed by atoms with van der Waals surface area (Å²) in [6, 6.07) is -0.565. The summed E-state index contributed by atoms with van der Waals surface area (Å²) in [5.74, 6) is 0. The molecular weight excluding hydrogens is 162 g/mol. The van der Waals surface area contributed by atoms with E-state index < -0.39 is 31.0 Å². The normalized spacial score (nSPS) is 40.2. The van der Waals surface area contributed by atoms with Crippen LogP contribution in [0.3, 0.4) is 0 Å². The molecule has 0 aromatic carbocycles. The molecule has 1 heterocycles. The van der Waals surface area contributed by atoms with Gasteiger partial charge in [-0.1, -0.05) is 0 Å². The van der Waals surface area contributed by atoms with Crippen molar-refractivity contribution in [2.45, 2.75) is 24.4 Å². The summed E-state index contributed by atoms with van der Waals surface area (Å²) in [5.41, 5.74) is 0. The van der Waals surface area contributed by atoms with Crippen LogP contribution in [0.1, 0.15) is 0 Å². The van der Waals surface area contributed by atoms with Crippen molar-refractivity contribution in [3.63, 3.8) is 0 Å². The van der Waals surface area contributed by atoms with Gasteiger partial charge in [-0.05, 0) is 7.05 Å². The average Bonchev–Trinajstić information content (AvgIpc) is 2.26. The third kappa shape index (κ3) is 1.60. The molecule has 0 saturated carbocycles. The van der Waals surface area contributed by atoms with Gasteiger partial charge in [-0.15, -0.1) is 0 Å². The van der Waals surface area contributed by atoms with Crippen LogP contribution in [0.5, 0.6) is 0 Å². The Labute approximate surface area is 70.9 Å². The summed E-state index contributed by atoms with van der Waals surface area (Å²) in [7, 11) is 1.68. The first-order valence-electron chi connectivity index (χ1n) is 3.93. The number of aliphatic hydroxyl groups excluding tert-OH is 4. The number of aliphatic hydroxyl groups is 4. The minimum Gasteiger partial charge on any atom is -0.394 e. The molecule has 0 amide bonds. The lowest BCUT2D eigenvalue weighted by Crippen LogP contribution is -2.45. The van der Waals surface area contributed by atoms with E-state index in [1.807, 2.05) is 0 Å². The highest BCUT2D eigenvalue weighted by atomic mass is 16.3. The number of nitrogens with zero attached hydrogens (tertiary/aromatic N) is 1. The number of rotatable bonds is 2. The second-order valence-electron chi connectivity index (χ2n) is 3.24. The number of likely N-dealkylation sites (N-methyl/N-ethyl adjacent to an activating group) is 1. The number of likely N-dealkylation sites (tertiary alicyclic amines) is 1. The largest absolute Gasteiger partial charge is 0.394 e. The van der Waals surface area contributed by atoms with Crippen LogP contribution in [0.15, 0.2) is 0 Å². The number of β-amino-alcohol motifs (C(OH)–C–C–N with tert-alkyl or cyclic N) is 1. The predicted molar refractivity (Wildman–Crippen MR) is 41.5 cm³/mol. The molecule has 0 radical (unpaired) electrons. The fraction of sp³-hybridized carbons (Fsp3) is 1.00. The Morgan fingerprint density at radius 2 is 2.08 bits per heavy atom. The summed E-state index contributed by atoms with van der Waals surface area (Å²) in [5, 5.41) is 36.5. The van der Waals surface area contributed by atoms with Crippen LogP contribution in [0.4, 0.5) is 0 Å². The lowest BCUT2D eigenvalue weighted by atomic mass is 10.1. The maximum absolute atomic E-state index is 9.37. The van der Waals surface area contributed by atoms with Crippen molar-refractivity contribution in [2.24, 2.45) is 0 Å². The highest BCUT2D eigenvalue weighted by Gasteiger charge is 2.41. The van der Waals surface area contributed by atoms with Crippen molar-refractivity contribution < 1.29 is 20.4 Å². The van der Waals surface area contributed by atoms with E-state index in [0.29, 0.717) is 6.54 Å². The van der Waals surface area contributed by atoms with Gasteiger partial charge in [0.15, 0.2) is 0 Å². The van der Waals surface area contributed by atoms with Crippen LogP contribution in [0.2, 0.25) is 0 Å². The van der Waals surface area contributed by atoms with Gasteiger partial charge in [-0.2, -0.15) is 0 Å². The third-order valence-corrected chi connectivity index (χ3v) is 2.31. The zero-order valence-electron chi connectivity index (χ0n) is 6.96. The molecule has 0 aromatic heterocycles. The van der Waals surface area contributed by atoms with Crippen LogP contribution >= 0.6 is 0 Å². The SMILES string of the molecule is CN1C[C@@H](O)[C@@H](O)[C@H]1[C@@H](O)CO. The zero-order chi connectivity index (χ0) is 9.30. The third-order valence-electron chi connectivity index (χ3n) is 2.31. The molecule has 0 aromatic rings. The predicted octanol–water partition coefficient (Wildman–Crippen LogP) is -2.62. The first-order chi connectivity index (χ1) is 5.57. The molecule has 0 bridgehead atoms. The number of hydrogen-bond acceptors (Lipinski definition) is 5. The minimum atomic E-state index is -0.998. The number of hydrogen-bond donors (Lipinski definition) is 4. The Bertz CT molecular complexity index is 150. The molecule has 72 valence electrons. The van der Waals surface area contributed by atoms with E-state index >= 15 is 0 Å². The molecule has 4 N–H and O–H groups in total. The average molecular weight is 177 g/mol. The van der Waals surface area contributed by atoms with Gasteiger partial charge in [0.2, 0.25) is 0 Å². The fourth-order valence-corrected chi connectivity index (χ4v) is 1.64. The molecule has 1 aliphatic heterocycles. The van der Waals surface area contributed by atoms with Gasteiger partial charge in [0.25, 0.3) is 0 Å². The van der Waals surface area contributed by atoms with Crippen molar-refractivity contribution in [3.05, 3.63) is 0 Å². The molecule has 5 nitrogen and oxygen atoms in total. The first kappa shape index (κ1) is 9.88. The molecule has 0 spiro atoms. The van der Waals surface area contributed by atoms with Crippen LogP contribution in [0, 0.1) is 0 Å². The highest BCUT2D eigenvalue weighted by molar-refractivity contribution is 4.95. The van der Waals surface area contributed by atoms with Gasteiger partial charge < -0.3 is 20.4 Å². The van der Waals surface area contributed by atoms with Gasteiger partial charge in [-0.3, -0.25) is 4.90 Å². The molecule has 1 fully saturated rings. The maximum Gasteiger partial charge on any atom is 0.0992 e. The summed E-state index contributed by atoms with van der Waals surface area (Å²) in [6.07, 6.45) is -2.81. The van der Waals surface area contributed by atoms with E-state index in [4.69, 9.17) is 5.11 Å². The smallest absolute Gasteiger partial charge is 0.0992 e. The summed E-state index contributed by atoms with van der Waals surface area (Å²) in [6.45, 7) is -0.0817. The van der Waals surface area contributed by atoms with E-state index in [9.17, 15) is 15.3 Å². The molecule has 1 rings (SSSR count). The second kappa shape index (κ2) is 3.68. The Morgan fingerprint density at radius 1 is 1.50 bits per heavy atom. The van der Waals surface area contributed by atoms with Crippen molar-refractivity contribution in [3.8, 4) is 0 Å². The van der Waals surface area contributed by atoms with E-state index in [1.54, 1.807) is 11.9 Å². The van der Waals surface area contributed by atoms with Crippen molar-refractivity contribution in [2.75, 3.05) is 20.2 Å². The molecule has 1 saturated heterocycles. The van der Waals surface area contributed by atoms with Gasteiger partial charge in [-0.25, -0.2) is 0 Å². The standard InChI is InChI=1S/C7H15NO4/c1-8-2-4(10)7(12)6(8)5(11)3-9/h4-7,9-12H,2-3H2,1H3/t4-,5+,6-,7-/m1/s1. The quantitative estimate of drug-likeness (QED) is 0.371. The minimum absolute atomic E-state index is 0.322. The molecule has 12 heavy (non-hydrogen) atoms. The summed E-state index contributed by atoms with van der Waals surface area (Å²) in [4.78, 5) is 1.64. The molecule has 0 aliphatic carbocycles. The van der Waals surface area contributed by atoms with Gasteiger partial charge in [0, 0.05) is 6.54 Å². The van der Waals surface area contributed by atoms with Crippen molar-refractivity contribution >= 4 is 0 Å². The van der Waals surface area contributed by atoms with Crippen LogP contribution in [0.25, 0.3) is 0 Å². The molecular formula is C7H15NO4. The zero-order valence-corrected chi connectivity index (χ0v) is 6.96. The van der Waals surface area contributed by atoms with E-state index in [0.717, 1.165) is 0 Å². The van der Waals surface area contributed by atoms with E-state index in [-0.39, 0.29) is 0 Å².